The van der Waals surface area contributed by atoms with Gasteiger partial charge in [0, 0.05) is 5.75 Å². The maximum atomic E-state index is 12.9. The van der Waals surface area contributed by atoms with E-state index < -0.39 is 15.7 Å². The summed E-state index contributed by atoms with van der Waals surface area (Å²) in [5.41, 5.74) is 0.909. The molecule has 23 heavy (non-hydrogen) atoms. The average Bonchev–Trinajstić information content (AvgIpc) is 3.01. The van der Waals surface area contributed by atoms with Gasteiger partial charge >= 0.3 is 0 Å². The van der Waals surface area contributed by atoms with Gasteiger partial charge in [0.1, 0.15) is 17.2 Å². The van der Waals surface area contributed by atoms with E-state index in [0.29, 0.717) is 12.2 Å². The maximum Gasteiger partial charge on any atom is 0.178 e. The zero-order valence-electron chi connectivity index (χ0n) is 12.0. The Bertz CT molecular complexity index is 908. The highest BCUT2D eigenvalue weighted by Gasteiger charge is 2.14. The fourth-order valence-corrected chi connectivity index (χ4v) is 5.43. The molecule has 0 fully saturated rings. The zero-order valence-corrected chi connectivity index (χ0v) is 14.4. The number of hydrogen-bond donors (Lipinski definition) is 0. The number of aromatic nitrogens is 2. The van der Waals surface area contributed by atoms with Gasteiger partial charge in [0.05, 0.1) is 20.9 Å². The second-order valence-electron chi connectivity index (χ2n) is 4.79. The van der Waals surface area contributed by atoms with E-state index in [4.69, 9.17) is 0 Å². The third-order valence-corrected chi connectivity index (χ3v) is 7.11. The molecule has 0 aliphatic heterocycles. The summed E-state index contributed by atoms with van der Waals surface area (Å²) in [5, 5.41) is 2.84. The summed E-state index contributed by atoms with van der Waals surface area (Å²) in [5.74, 6) is 0.234. The molecule has 0 bridgehead atoms. The van der Waals surface area contributed by atoms with Gasteiger partial charge in [0.25, 0.3) is 0 Å². The molecule has 0 saturated heterocycles. The number of thiophene rings is 1. The smallest absolute Gasteiger partial charge is 0.178 e. The first-order chi connectivity index (χ1) is 11.1. The van der Waals surface area contributed by atoms with E-state index in [0.717, 1.165) is 27.4 Å². The Morgan fingerprint density at radius 1 is 1.13 bits per heavy atom. The van der Waals surface area contributed by atoms with Gasteiger partial charge in [-0.05, 0) is 42.1 Å². The third kappa shape index (κ3) is 3.88. The van der Waals surface area contributed by atoms with Crippen molar-refractivity contribution in [1.29, 1.82) is 0 Å². The van der Waals surface area contributed by atoms with Gasteiger partial charge in [-0.15, -0.1) is 23.1 Å². The number of fused-ring (bicyclic) bond motifs is 1. The fraction of sp³-hybridized carbons (Fsp3) is 0.200. The minimum atomic E-state index is -3.37. The van der Waals surface area contributed by atoms with E-state index in [1.807, 2.05) is 11.4 Å². The summed E-state index contributed by atoms with van der Waals surface area (Å²) < 4.78 is 38.2. The number of benzene rings is 1. The molecule has 0 spiro atoms. The van der Waals surface area contributed by atoms with E-state index in [2.05, 4.69) is 9.97 Å². The van der Waals surface area contributed by atoms with Crippen molar-refractivity contribution < 1.29 is 12.8 Å². The van der Waals surface area contributed by atoms with Crippen LogP contribution in [0.1, 0.15) is 6.42 Å². The predicted octanol–water partition coefficient (Wildman–Crippen LogP) is 3.79. The number of halogens is 1. The van der Waals surface area contributed by atoms with Gasteiger partial charge in [-0.25, -0.2) is 22.8 Å². The van der Waals surface area contributed by atoms with E-state index in [-0.39, 0.29) is 10.6 Å². The Hall–Kier alpha value is -1.51. The van der Waals surface area contributed by atoms with Crippen LogP contribution in [0.4, 0.5) is 4.39 Å². The monoisotopic (exact) mass is 368 g/mol. The highest BCUT2D eigenvalue weighted by molar-refractivity contribution is 7.99. The van der Waals surface area contributed by atoms with Crippen molar-refractivity contribution in [3.63, 3.8) is 0 Å². The Morgan fingerprint density at radius 3 is 2.70 bits per heavy atom. The molecule has 3 rings (SSSR count). The standard InChI is InChI=1S/C15H13FN2O2S3/c16-11-2-4-12(5-3-11)23(19,20)9-1-7-22-15-14-13(6-8-21-14)17-10-18-15/h2-6,8,10H,1,7,9H2. The second-order valence-corrected chi connectivity index (χ2v) is 8.90. The molecule has 0 unspecified atom stereocenters. The van der Waals surface area contributed by atoms with Gasteiger partial charge in [-0.3, -0.25) is 0 Å². The van der Waals surface area contributed by atoms with Gasteiger partial charge in [0.2, 0.25) is 0 Å². The quantitative estimate of drug-likeness (QED) is 0.287. The molecule has 0 amide bonds. The van der Waals surface area contributed by atoms with Crippen molar-refractivity contribution in [2.24, 2.45) is 0 Å². The minimum absolute atomic E-state index is 0.0320. The Balaban J connectivity index is 1.59. The van der Waals surface area contributed by atoms with Crippen molar-refractivity contribution in [2.75, 3.05) is 11.5 Å². The van der Waals surface area contributed by atoms with Crippen molar-refractivity contribution in [3.8, 4) is 0 Å². The molecule has 0 aliphatic rings. The van der Waals surface area contributed by atoms with Gasteiger partial charge in [0.15, 0.2) is 9.84 Å². The Kier molecular flexibility index (Phi) is 4.93. The third-order valence-electron chi connectivity index (χ3n) is 3.18. The molecule has 3 aromatic rings. The van der Waals surface area contributed by atoms with Gasteiger partial charge < -0.3 is 0 Å². The summed E-state index contributed by atoms with van der Waals surface area (Å²) >= 11 is 3.10. The largest absolute Gasteiger partial charge is 0.235 e. The molecule has 2 aromatic heterocycles. The number of rotatable bonds is 6. The molecule has 0 saturated carbocycles. The van der Waals surface area contributed by atoms with Crippen LogP contribution in [0.25, 0.3) is 10.2 Å². The van der Waals surface area contributed by atoms with E-state index in [1.54, 1.807) is 11.3 Å². The van der Waals surface area contributed by atoms with E-state index in [1.165, 1.54) is 30.2 Å². The van der Waals surface area contributed by atoms with Gasteiger partial charge in [-0.2, -0.15) is 0 Å². The maximum absolute atomic E-state index is 12.9. The van der Waals surface area contributed by atoms with Crippen LogP contribution in [-0.4, -0.2) is 29.9 Å². The molecule has 0 radical (unpaired) electrons. The van der Waals surface area contributed by atoms with E-state index in [9.17, 15) is 12.8 Å². The molecular formula is C15H13FN2O2S3. The molecule has 8 heteroatoms. The summed E-state index contributed by atoms with van der Waals surface area (Å²) in [6.07, 6.45) is 2.02. The molecule has 4 nitrogen and oxygen atoms in total. The van der Waals surface area contributed by atoms with Gasteiger partial charge in [-0.1, -0.05) is 0 Å². The predicted molar refractivity (Wildman–Crippen MR) is 91.2 cm³/mol. The normalized spacial score (nSPS) is 11.9. The lowest BCUT2D eigenvalue weighted by Gasteiger charge is -2.05. The molecule has 1 aromatic carbocycles. The van der Waals surface area contributed by atoms with Crippen molar-refractivity contribution in [3.05, 3.63) is 47.9 Å². The first-order valence-corrected chi connectivity index (χ1v) is 10.4. The summed E-state index contributed by atoms with van der Waals surface area (Å²) in [6.45, 7) is 0. The topological polar surface area (TPSA) is 59.9 Å². The number of nitrogens with zero attached hydrogens (tertiary/aromatic N) is 2. The zero-order chi connectivity index (χ0) is 16.3. The van der Waals surface area contributed by atoms with Crippen LogP contribution in [0.5, 0.6) is 0 Å². The van der Waals surface area contributed by atoms with Crippen LogP contribution in [0.2, 0.25) is 0 Å². The fourth-order valence-electron chi connectivity index (χ4n) is 2.05. The molecule has 0 aliphatic carbocycles. The molecule has 2 heterocycles. The Morgan fingerprint density at radius 2 is 1.91 bits per heavy atom. The lowest BCUT2D eigenvalue weighted by molar-refractivity contribution is 0.593. The summed E-state index contributed by atoms with van der Waals surface area (Å²) in [6, 6.07) is 6.87. The molecule has 120 valence electrons. The first kappa shape index (κ1) is 16.4. The van der Waals surface area contributed by atoms with Crippen LogP contribution >= 0.6 is 23.1 Å². The SMILES string of the molecule is O=S(=O)(CCCSc1ncnc2ccsc12)c1ccc(F)cc1. The molecular weight excluding hydrogens is 355 g/mol. The highest BCUT2D eigenvalue weighted by Crippen LogP contribution is 2.29. The number of hydrogen-bond acceptors (Lipinski definition) is 6. The highest BCUT2D eigenvalue weighted by atomic mass is 32.2. The number of thioether (sulfide) groups is 1. The summed E-state index contributed by atoms with van der Waals surface area (Å²) in [7, 11) is -3.37. The van der Waals surface area contributed by atoms with Crippen LogP contribution < -0.4 is 0 Å². The van der Waals surface area contributed by atoms with Crippen LogP contribution in [0, 0.1) is 5.82 Å². The van der Waals surface area contributed by atoms with Crippen LogP contribution in [0.15, 0.2) is 52.0 Å². The number of sulfone groups is 1. The van der Waals surface area contributed by atoms with Crippen molar-refractivity contribution >= 4 is 43.2 Å². The lowest BCUT2D eigenvalue weighted by atomic mass is 10.4. The average molecular weight is 368 g/mol. The summed E-state index contributed by atoms with van der Waals surface area (Å²) in [4.78, 5) is 8.59. The van der Waals surface area contributed by atoms with Crippen molar-refractivity contribution in [1.82, 2.24) is 9.97 Å². The Labute approximate surface area is 141 Å². The second kappa shape index (κ2) is 6.94. The van der Waals surface area contributed by atoms with Crippen LogP contribution in [0.3, 0.4) is 0 Å². The molecule has 0 atom stereocenters. The minimum Gasteiger partial charge on any atom is -0.235 e. The first-order valence-electron chi connectivity index (χ1n) is 6.85. The molecule has 0 N–H and O–H groups in total. The lowest BCUT2D eigenvalue weighted by Crippen LogP contribution is -2.07. The van der Waals surface area contributed by atoms with Crippen LogP contribution in [-0.2, 0) is 9.84 Å². The van der Waals surface area contributed by atoms with Crippen molar-refractivity contribution in [2.45, 2.75) is 16.3 Å². The van der Waals surface area contributed by atoms with E-state index >= 15 is 0 Å².